The lowest BCUT2D eigenvalue weighted by molar-refractivity contribution is 0.635. The quantitative estimate of drug-likeness (QED) is 0.852. The van der Waals surface area contributed by atoms with Gasteiger partial charge in [0.25, 0.3) is 0 Å². The molecule has 1 aliphatic rings. The molecular formula is C10H13ClN4S. The highest BCUT2D eigenvalue weighted by atomic mass is 35.5. The van der Waals surface area contributed by atoms with Gasteiger partial charge in [0.05, 0.1) is 0 Å². The van der Waals surface area contributed by atoms with E-state index in [1.165, 1.54) is 24.2 Å². The summed E-state index contributed by atoms with van der Waals surface area (Å²) in [5.41, 5.74) is 0. The van der Waals surface area contributed by atoms with Gasteiger partial charge in [-0.05, 0) is 19.4 Å². The van der Waals surface area contributed by atoms with Crippen LogP contribution in [0.25, 0.3) is 0 Å². The molecule has 0 radical (unpaired) electrons. The number of nitrogens with one attached hydrogen (secondary N) is 2. The van der Waals surface area contributed by atoms with Gasteiger partial charge in [-0.3, -0.25) is 0 Å². The summed E-state index contributed by atoms with van der Waals surface area (Å²) in [6.07, 6.45) is 3.57. The Kier molecular flexibility index (Phi) is 3.99. The SMILES string of the molecule is N#Cc1sc(NC2CCCCNC2)nc1Cl. The number of nitrogens with zero attached hydrogens (tertiary/aromatic N) is 2. The highest BCUT2D eigenvalue weighted by Crippen LogP contribution is 2.26. The molecule has 1 fully saturated rings. The first-order chi connectivity index (χ1) is 7.79. The van der Waals surface area contributed by atoms with E-state index >= 15 is 0 Å². The predicted molar refractivity (Wildman–Crippen MR) is 66.0 cm³/mol. The molecule has 0 spiro atoms. The first-order valence-corrected chi connectivity index (χ1v) is 6.52. The lowest BCUT2D eigenvalue weighted by Crippen LogP contribution is -2.30. The van der Waals surface area contributed by atoms with Crippen LogP contribution in [0.2, 0.25) is 5.15 Å². The number of halogens is 1. The molecule has 2 N–H and O–H groups in total. The molecule has 0 aromatic carbocycles. The monoisotopic (exact) mass is 256 g/mol. The van der Waals surface area contributed by atoms with Gasteiger partial charge in [0.1, 0.15) is 10.9 Å². The Labute approximate surface area is 104 Å². The van der Waals surface area contributed by atoms with Gasteiger partial charge < -0.3 is 10.6 Å². The van der Waals surface area contributed by atoms with E-state index in [0.29, 0.717) is 16.1 Å². The summed E-state index contributed by atoms with van der Waals surface area (Å²) < 4.78 is 0. The van der Waals surface area contributed by atoms with Crippen LogP contribution in [0.4, 0.5) is 5.13 Å². The van der Waals surface area contributed by atoms with Gasteiger partial charge in [-0.15, -0.1) is 0 Å². The molecule has 16 heavy (non-hydrogen) atoms. The van der Waals surface area contributed by atoms with Crippen molar-refractivity contribution in [3.8, 4) is 6.07 Å². The molecule has 0 saturated carbocycles. The summed E-state index contributed by atoms with van der Waals surface area (Å²) in [5, 5.41) is 16.5. The van der Waals surface area contributed by atoms with E-state index in [1.54, 1.807) is 0 Å². The van der Waals surface area contributed by atoms with Crippen molar-refractivity contribution >= 4 is 28.1 Å². The number of thiazole rings is 1. The Hall–Kier alpha value is -0.830. The molecule has 1 atom stereocenters. The van der Waals surface area contributed by atoms with Crippen molar-refractivity contribution in [3.63, 3.8) is 0 Å². The molecule has 2 rings (SSSR count). The largest absolute Gasteiger partial charge is 0.357 e. The van der Waals surface area contributed by atoms with Crippen molar-refractivity contribution in [3.05, 3.63) is 10.0 Å². The fourth-order valence-corrected chi connectivity index (χ4v) is 2.77. The summed E-state index contributed by atoms with van der Waals surface area (Å²) in [4.78, 5) is 4.61. The average Bonchev–Trinajstić information content (AvgIpc) is 2.50. The minimum absolute atomic E-state index is 0.302. The maximum atomic E-state index is 8.78. The van der Waals surface area contributed by atoms with E-state index in [1.807, 2.05) is 6.07 Å². The third-order valence-electron chi connectivity index (χ3n) is 2.56. The minimum Gasteiger partial charge on any atom is -0.357 e. The van der Waals surface area contributed by atoms with Crippen LogP contribution in [-0.4, -0.2) is 24.1 Å². The smallest absolute Gasteiger partial charge is 0.185 e. The van der Waals surface area contributed by atoms with Crippen molar-refractivity contribution < 1.29 is 0 Å². The molecule has 2 heterocycles. The van der Waals surface area contributed by atoms with Gasteiger partial charge in [0.15, 0.2) is 10.3 Å². The summed E-state index contributed by atoms with van der Waals surface area (Å²) in [6.45, 7) is 2.03. The van der Waals surface area contributed by atoms with E-state index in [-0.39, 0.29) is 0 Å². The van der Waals surface area contributed by atoms with Crippen LogP contribution >= 0.6 is 22.9 Å². The molecule has 0 aliphatic carbocycles. The van der Waals surface area contributed by atoms with Crippen molar-refractivity contribution in [2.45, 2.75) is 25.3 Å². The Morgan fingerprint density at radius 1 is 1.56 bits per heavy atom. The normalized spacial score (nSPS) is 21.1. The number of aromatic nitrogens is 1. The maximum absolute atomic E-state index is 8.78. The van der Waals surface area contributed by atoms with Crippen molar-refractivity contribution in [2.24, 2.45) is 0 Å². The van der Waals surface area contributed by atoms with Gasteiger partial charge >= 0.3 is 0 Å². The Balaban J connectivity index is 1.99. The zero-order valence-corrected chi connectivity index (χ0v) is 10.4. The molecule has 1 aliphatic heterocycles. The molecule has 1 aromatic heterocycles. The van der Waals surface area contributed by atoms with Crippen LogP contribution in [0.15, 0.2) is 0 Å². The average molecular weight is 257 g/mol. The molecule has 1 aromatic rings. The summed E-state index contributed by atoms with van der Waals surface area (Å²) in [5.74, 6) is 0. The first kappa shape index (κ1) is 11.6. The number of nitriles is 1. The molecule has 6 heteroatoms. The zero-order valence-electron chi connectivity index (χ0n) is 8.79. The lowest BCUT2D eigenvalue weighted by atomic mass is 10.1. The summed E-state index contributed by atoms with van der Waals surface area (Å²) in [6, 6.07) is 2.42. The third-order valence-corrected chi connectivity index (χ3v) is 3.84. The molecule has 0 amide bonds. The van der Waals surface area contributed by atoms with Crippen LogP contribution < -0.4 is 10.6 Å². The van der Waals surface area contributed by atoms with E-state index in [9.17, 15) is 0 Å². The minimum atomic E-state index is 0.302. The highest BCUT2D eigenvalue weighted by Gasteiger charge is 2.15. The fourth-order valence-electron chi connectivity index (χ4n) is 1.75. The van der Waals surface area contributed by atoms with Gasteiger partial charge in [0, 0.05) is 12.6 Å². The summed E-state index contributed by atoms with van der Waals surface area (Å²) >= 11 is 7.13. The Bertz CT molecular complexity index is 390. The molecule has 86 valence electrons. The zero-order chi connectivity index (χ0) is 11.4. The Morgan fingerprint density at radius 3 is 3.19 bits per heavy atom. The number of rotatable bonds is 2. The molecule has 0 bridgehead atoms. The van der Waals surface area contributed by atoms with Crippen molar-refractivity contribution in [1.29, 1.82) is 5.26 Å². The van der Waals surface area contributed by atoms with E-state index < -0.39 is 0 Å². The lowest BCUT2D eigenvalue weighted by Gasteiger charge is -2.14. The second kappa shape index (κ2) is 5.48. The van der Waals surface area contributed by atoms with E-state index in [0.717, 1.165) is 24.6 Å². The third kappa shape index (κ3) is 2.85. The van der Waals surface area contributed by atoms with Crippen LogP contribution in [0.5, 0.6) is 0 Å². The van der Waals surface area contributed by atoms with E-state index in [2.05, 4.69) is 15.6 Å². The highest BCUT2D eigenvalue weighted by molar-refractivity contribution is 7.16. The molecule has 4 nitrogen and oxygen atoms in total. The molecule has 1 unspecified atom stereocenters. The maximum Gasteiger partial charge on any atom is 0.185 e. The van der Waals surface area contributed by atoms with Gasteiger partial charge in [-0.25, -0.2) is 4.98 Å². The Morgan fingerprint density at radius 2 is 2.44 bits per heavy atom. The van der Waals surface area contributed by atoms with Crippen molar-refractivity contribution in [1.82, 2.24) is 10.3 Å². The van der Waals surface area contributed by atoms with Crippen LogP contribution in [0.1, 0.15) is 24.1 Å². The first-order valence-electron chi connectivity index (χ1n) is 5.33. The molecule has 1 saturated heterocycles. The van der Waals surface area contributed by atoms with Crippen LogP contribution in [-0.2, 0) is 0 Å². The standard InChI is InChI=1S/C10H13ClN4S/c11-9-8(5-12)16-10(15-9)14-7-3-1-2-4-13-6-7/h7,13H,1-4,6H2,(H,14,15). The molecular weight excluding hydrogens is 244 g/mol. The van der Waals surface area contributed by atoms with E-state index in [4.69, 9.17) is 16.9 Å². The second-order valence-electron chi connectivity index (χ2n) is 3.79. The number of anilines is 1. The topological polar surface area (TPSA) is 60.7 Å². The number of hydrogen-bond donors (Lipinski definition) is 2. The predicted octanol–water partition coefficient (Wildman–Crippen LogP) is 2.22. The van der Waals surface area contributed by atoms with Crippen molar-refractivity contribution in [2.75, 3.05) is 18.4 Å². The number of hydrogen-bond acceptors (Lipinski definition) is 5. The van der Waals surface area contributed by atoms with Crippen LogP contribution in [0, 0.1) is 11.3 Å². The summed E-state index contributed by atoms with van der Waals surface area (Å²) in [7, 11) is 0. The van der Waals surface area contributed by atoms with Gasteiger partial charge in [-0.1, -0.05) is 29.4 Å². The fraction of sp³-hybridized carbons (Fsp3) is 0.600. The van der Waals surface area contributed by atoms with Gasteiger partial charge in [-0.2, -0.15) is 5.26 Å². The van der Waals surface area contributed by atoms with Crippen LogP contribution in [0.3, 0.4) is 0 Å². The second-order valence-corrected chi connectivity index (χ2v) is 5.15. The van der Waals surface area contributed by atoms with Gasteiger partial charge in [0.2, 0.25) is 0 Å².